The van der Waals surface area contributed by atoms with Crippen molar-refractivity contribution >= 4 is 16.7 Å². The number of morpholine rings is 1. The molecule has 6 heteroatoms. The molecule has 1 aromatic carbocycles. The van der Waals surface area contributed by atoms with Crippen LogP contribution in [-0.2, 0) is 4.74 Å². The number of fused-ring (bicyclic) bond motifs is 1. The molecule has 0 spiro atoms. The van der Waals surface area contributed by atoms with Crippen molar-refractivity contribution in [2.75, 3.05) is 32.1 Å². The third kappa shape index (κ3) is 3.52. The lowest BCUT2D eigenvalue weighted by Crippen LogP contribution is -2.47. The third-order valence-corrected chi connectivity index (χ3v) is 4.74. The van der Waals surface area contributed by atoms with Crippen LogP contribution in [0.4, 0.5) is 5.82 Å². The maximum absolute atomic E-state index is 5.95. The van der Waals surface area contributed by atoms with Gasteiger partial charge in [-0.3, -0.25) is 4.98 Å². The van der Waals surface area contributed by atoms with Crippen molar-refractivity contribution in [3.8, 4) is 11.4 Å². The molecule has 26 heavy (non-hydrogen) atoms. The molecule has 3 heterocycles. The summed E-state index contributed by atoms with van der Waals surface area (Å²) in [6.07, 6.45) is 3.67. The Morgan fingerprint density at radius 3 is 2.88 bits per heavy atom. The minimum absolute atomic E-state index is 0.129. The van der Waals surface area contributed by atoms with Gasteiger partial charge in [0.2, 0.25) is 0 Å². The summed E-state index contributed by atoms with van der Waals surface area (Å²) in [4.78, 5) is 16.0. The Kier molecular flexibility index (Phi) is 4.77. The van der Waals surface area contributed by atoms with Gasteiger partial charge < -0.3 is 15.0 Å². The summed E-state index contributed by atoms with van der Waals surface area (Å²) in [5, 5.41) is 4.57. The van der Waals surface area contributed by atoms with Crippen molar-refractivity contribution in [1.29, 1.82) is 0 Å². The molecule has 6 nitrogen and oxygen atoms in total. The van der Waals surface area contributed by atoms with Crippen molar-refractivity contribution in [1.82, 2.24) is 19.9 Å². The quantitative estimate of drug-likeness (QED) is 0.781. The SMILES string of the molecule is CC(Nc1nc(-c2cccnc2)nc2ccccc12)C1CN(C)CCO1. The number of ether oxygens (including phenoxy) is 1. The van der Waals surface area contributed by atoms with Crippen LogP contribution in [0.3, 0.4) is 0 Å². The minimum Gasteiger partial charge on any atom is -0.373 e. The summed E-state index contributed by atoms with van der Waals surface area (Å²) in [7, 11) is 2.13. The van der Waals surface area contributed by atoms with Crippen molar-refractivity contribution in [3.63, 3.8) is 0 Å². The normalized spacial score (nSPS) is 19.4. The highest BCUT2D eigenvalue weighted by atomic mass is 16.5. The summed E-state index contributed by atoms with van der Waals surface area (Å²) < 4.78 is 5.95. The van der Waals surface area contributed by atoms with E-state index in [1.54, 1.807) is 12.4 Å². The van der Waals surface area contributed by atoms with Crippen molar-refractivity contribution in [2.24, 2.45) is 0 Å². The number of para-hydroxylation sites is 1. The summed E-state index contributed by atoms with van der Waals surface area (Å²) in [6.45, 7) is 4.79. The molecule has 1 aliphatic rings. The van der Waals surface area contributed by atoms with Gasteiger partial charge in [-0.2, -0.15) is 0 Å². The van der Waals surface area contributed by atoms with E-state index in [0.29, 0.717) is 5.82 Å². The van der Waals surface area contributed by atoms with Crippen LogP contribution in [-0.4, -0.2) is 58.7 Å². The number of anilines is 1. The van der Waals surface area contributed by atoms with Crippen LogP contribution < -0.4 is 5.32 Å². The van der Waals surface area contributed by atoms with E-state index in [0.717, 1.165) is 42.0 Å². The highest BCUT2D eigenvalue weighted by Crippen LogP contribution is 2.25. The zero-order valence-corrected chi connectivity index (χ0v) is 15.1. The van der Waals surface area contributed by atoms with E-state index in [1.807, 2.05) is 36.4 Å². The monoisotopic (exact) mass is 349 g/mol. The number of pyridine rings is 1. The lowest BCUT2D eigenvalue weighted by atomic mass is 10.1. The second-order valence-corrected chi connectivity index (χ2v) is 6.76. The molecule has 1 fully saturated rings. The van der Waals surface area contributed by atoms with Crippen LogP contribution in [0.1, 0.15) is 6.92 Å². The van der Waals surface area contributed by atoms with E-state index in [9.17, 15) is 0 Å². The molecule has 2 aromatic heterocycles. The number of rotatable bonds is 4. The molecule has 0 aliphatic carbocycles. The first-order valence-electron chi connectivity index (χ1n) is 8.94. The Morgan fingerprint density at radius 1 is 1.19 bits per heavy atom. The lowest BCUT2D eigenvalue weighted by Gasteiger charge is -2.34. The average Bonchev–Trinajstić information content (AvgIpc) is 2.68. The average molecular weight is 349 g/mol. The number of nitrogens with one attached hydrogen (secondary N) is 1. The standard InChI is InChI=1S/C20H23N5O/c1-14(18-13-25(2)10-11-26-18)22-20-16-7-3-4-8-17(16)23-19(24-20)15-6-5-9-21-12-15/h3-9,12,14,18H,10-11,13H2,1-2H3,(H,22,23,24). The number of benzene rings is 1. The summed E-state index contributed by atoms with van der Waals surface area (Å²) in [5.41, 5.74) is 1.82. The van der Waals surface area contributed by atoms with E-state index in [1.165, 1.54) is 0 Å². The van der Waals surface area contributed by atoms with Gasteiger partial charge in [-0.25, -0.2) is 9.97 Å². The molecule has 1 N–H and O–H groups in total. The lowest BCUT2D eigenvalue weighted by molar-refractivity contribution is -0.0259. The maximum atomic E-state index is 5.95. The largest absolute Gasteiger partial charge is 0.373 e. The van der Waals surface area contributed by atoms with Crippen molar-refractivity contribution in [3.05, 3.63) is 48.8 Å². The first-order valence-corrected chi connectivity index (χ1v) is 8.94. The number of hydrogen-bond acceptors (Lipinski definition) is 6. The number of nitrogens with zero attached hydrogens (tertiary/aromatic N) is 4. The van der Waals surface area contributed by atoms with Gasteiger partial charge >= 0.3 is 0 Å². The molecule has 0 saturated carbocycles. The van der Waals surface area contributed by atoms with Gasteiger partial charge in [0.15, 0.2) is 5.82 Å². The molecule has 0 radical (unpaired) electrons. The van der Waals surface area contributed by atoms with E-state index in [-0.39, 0.29) is 12.1 Å². The fourth-order valence-electron chi connectivity index (χ4n) is 3.23. The Hall–Kier alpha value is -2.57. The molecule has 2 atom stereocenters. The molecule has 2 unspecified atom stereocenters. The Morgan fingerprint density at radius 2 is 2.08 bits per heavy atom. The van der Waals surface area contributed by atoms with Gasteiger partial charge in [-0.1, -0.05) is 12.1 Å². The maximum Gasteiger partial charge on any atom is 0.163 e. The van der Waals surface area contributed by atoms with E-state index >= 15 is 0 Å². The van der Waals surface area contributed by atoms with E-state index in [2.05, 4.69) is 29.2 Å². The van der Waals surface area contributed by atoms with Gasteiger partial charge in [-0.15, -0.1) is 0 Å². The van der Waals surface area contributed by atoms with Crippen LogP contribution in [0.5, 0.6) is 0 Å². The summed E-state index contributed by atoms with van der Waals surface area (Å²) >= 11 is 0. The molecular weight excluding hydrogens is 326 g/mol. The van der Waals surface area contributed by atoms with Gasteiger partial charge in [0.1, 0.15) is 5.82 Å². The van der Waals surface area contributed by atoms with Crippen molar-refractivity contribution in [2.45, 2.75) is 19.1 Å². The van der Waals surface area contributed by atoms with Crippen LogP contribution in [0.2, 0.25) is 0 Å². The van der Waals surface area contributed by atoms with E-state index in [4.69, 9.17) is 14.7 Å². The third-order valence-electron chi connectivity index (χ3n) is 4.74. The Labute approximate surface area is 153 Å². The molecular formula is C20H23N5O. The van der Waals surface area contributed by atoms with Gasteiger partial charge in [-0.05, 0) is 38.2 Å². The van der Waals surface area contributed by atoms with Crippen LogP contribution in [0.15, 0.2) is 48.8 Å². The molecule has 1 aliphatic heterocycles. The Bertz CT molecular complexity index is 886. The number of aromatic nitrogens is 3. The molecule has 134 valence electrons. The van der Waals surface area contributed by atoms with Crippen LogP contribution in [0.25, 0.3) is 22.3 Å². The first-order chi connectivity index (χ1) is 12.7. The summed E-state index contributed by atoms with van der Waals surface area (Å²) in [5.74, 6) is 1.51. The smallest absolute Gasteiger partial charge is 0.163 e. The van der Waals surface area contributed by atoms with Gasteiger partial charge in [0.05, 0.1) is 24.3 Å². The number of likely N-dealkylation sites (N-methyl/N-ethyl adjacent to an activating group) is 1. The molecule has 4 rings (SSSR count). The van der Waals surface area contributed by atoms with Crippen molar-refractivity contribution < 1.29 is 4.74 Å². The highest BCUT2D eigenvalue weighted by molar-refractivity contribution is 5.90. The second-order valence-electron chi connectivity index (χ2n) is 6.76. The van der Waals surface area contributed by atoms with Crippen LogP contribution >= 0.6 is 0 Å². The first kappa shape index (κ1) is 16.9. The molecule has 0 bridgehead atoms. The van der Waals surface area contributed by atoms with E-state index < -0.39 is 0 Å². The zero-order valence-electron chi connectivity index (χ0n) is 15.1. The fraction of sp³-hybridized carbons (Fsp3) is 0.350. The van der Waals surface area contributed by atoms with Crippen LogP contribution in [0, 0.1) is 0 Å². The Balaban J connectivity index is 1.69. The number of hydrogen-bond donors (Lipinski definition) is 1. The topological polar surface area (TPSA) is 63.2 Å². The molecule has 3 aromatic rings. The summed E-state index contributed by atoms with van der Waals surface area (Å²) in [6, 6.07) is 12.1. The molecule has 0 amide bonds. The molecule has 1 saturated heterocycles. The van der Waals surface area contributed by atoms with Gasteiger partial charge in [0, 0.05) is 36.4 Å². The predicted octanol–water partition coefficient (Wildman–Crippen LogP) is 2.82. The minimum atomic E-state index is 0.129. The zero-order chi connectivity index (χ0) is 17.9. The highest BCUT2D eigenvalue weighted by Gasteiger charge is 2.24. The fourth-order valence-corrected chi connectivity index (χ4v) is 3.23. The second kappa shape index (κ2) is 7.35. The van der Waals surface area contributed by atoms with Gasteiger partial charge in [0.25, 0.3) is 0 Å². The predicted molar refractivity (Wildman–Crippen MR) is 103 cm³/mol.